The van der Waals surface area contributed by atoms with E-state index in [1.165, 1.54) is 18.6 Å². The van der Waals surface area contributed by atoms with Crippen LogP contribution in [0, 0.1) is 23.1 Å². The number of nitrogens with zero attached hydrogens (tertiary/aromatic N) is 3. The molecule has 4 nitrogen and oxygen atoms in total. The molecule has 25 heavy (non-hydrogen) atoms. The summed E-state index contributed by atoms with van der Waals surface area (Å²) in [6.45, 7) is 9.40. The first-order chi connectivity index (χ1) is 12.0. The molecular formula is C20H28FN3O. The van der Waals surface area contributed by atoms with Crippen LogP contribution in [0.15, 0.2) is 18.2 Å². The summed E-state index contributed by atoms with van der Waals surface area (Å²) in [5.74, 6) is 0.389. The van der Waals surface area contributed by atoms with Crippen LogP contribution in [0.2, 0.25) is 0 Å². The quantitative estimate of drug-likeness (QED) is 0.838. The summed E-state index contributed by atoms with van der Waals surface area (Å²) in [5.41, 5.74) is 1.31. The summed E-state index contributed by atoms with van der Waals surface area (Å²) >= 11 is 0. The van der Waals surface area contributed by atoms with E-state index in [0.717, 1.165) is 57.2 Å². The van der Waals surface area contributed by atoms with Crippen LogP contribution in [0.25, 0.3) is 0 Å². The van der Waals surface area contributed by atoms with E-state index in [0.29, 0.717) is 17.8 Å². The molecule has 2 aliphatic rings. The molecule has 2 atom stereocenters. The van der Waals surface area contributed by atoms with Crippen LogP contribution >= 0.6 is 0 Å². The first-order valence-electron chi connectivity index (χ1n) is 9.37. The predicted molar refractivity (Wildman–Crippen MR) is 97.1 cm³/mol. The van der Waals surface area contributed by atoms with E-state index in [2.05, 4.69) is 29.7 Å². The lowest BCUT2D eigenvalue weighted by atomic mass is 9.92. The highest BCUT2D eigenvalue weighted by Crippen LogP contribution is 2.28. The fourth-order valence-electron chi connectivity index (χ4n) is 4.17. The molecule has 136 valence electrons. The van der Waals surface area contributed by atoms with E-state index >= 15 is 0 Å². The van der Waals surface area contributed by atoms with E-state index in [-0.39, 0.29) is 5.82 Å². The molecule has 3 rings (SSSR count). The highest BCUT2D eigenvalue weighted by Gasteiger charge is 2.25. The third kappa shape index (κ3) is 4.71. The van der Waals surface area contributed by atoms with Gasteiger partial charge < -0.3 is 9.64 Å². The molecular weight excluding hydrogens is 317 g/mol. The topological polar surface area (TPSA) is 39.5 Å². The number of piperidine rings is 1. The van der Waals surface area contributed by atoms with Gasteiger partial charge in [0, 0.05) is 26.2 Å². The Morgan fingerprint density at radius 2 is 1.88 bits per heavy atom. The molecule has 2 saturated heterocycles. The summed E-state index contributed by atoms with van der Waals surface area (Å²) < 4.78 is 19.1. The number of hydrogen-bond acceptors (Lipinski definition) is 4. The molecule has 0 aliphatic carbocycles. The van der Waals surface area contributed by atoms with Crippen molar-refractivity contribution in [2.24, 2.45) is 5.92 Å². The Hall–Kier alpha value is -1.64. The molecule has 2 fully saturated rings. The van der Waals surface area contributed by atoms with E-state index in [1.54, 1.807) is 6.07 Å². The van der Waals surface area contributed by atoms with Crippen molar-refractivity contribution in [3.63, 3.8) is 0 Å². The van der Waals surface area contributed by atoms with Crippen molar-refractivity contribution in [2.45, 2.75) is 45.3 Å². The highest BCUT2D eigenvalue weighted by atomic mass is 19.1. The normalized spacial score (nSPS) is 25.8. The van der Waals surface area contributed by atoms with Gasteiger partial charge in [0.1, 0.15) is 11.9 Å². The second-order valence-corrected chi connectivity index (χ2v) is 7.51. The zero-order valence-corrected chi connectivity index (χ0v) is 15.2. The molecule has 1 aromatic carbocycles. The Morgan fingerprint density at radius 1 is 1.20 bits per heavy atom. The van der Waals surface area contributed by atoms with E-state index < -0.39 is 0 Å². The van der Waals surface area contributed by atoms with E-state index in [1.807, 2.05) is 0 Å². The van der Waals surface area contributed by atoms with Crippen LogP contribution < -0.4 is 4.90 Å². The molecule has 0 bridgehead atoms. The van der Waals surface area contributed by atoms with Crippen molar-refractivity contribution in [3.8, 4) is 6.07 Å². The minimum absolute atomic E-state index is 0.327. The van der Waals surface area contributed by atoms with Crippen molar-refractivity contribution in [3.05, 3.63) is 29.6 Å². The van der Waals surface area contributed by atoms with Crippen molar-refractivity contribution < 1.29 is 9.13 Å². The minimum atomic E-state index is -0.343. The Labute approximate surface area is 150 Å². The number of halogens is 1. The van der Waals surface area contributed by atoms with Gasteiger partial charge in [0.15, 0.2) is 0 Å². The molecule has 0 saturated carbocycles. The fourth-order valence-corrected chi connectivity index (χ4v) is 4.17. The van der Waals surface area contributed by atoms with Crippen LogP contribution in [-0.2, 0) is 4.74 Å². The van der Waals surface area contributed by atoms with E-state index in [9.17, 15) is 9.65 Å². The monoisotopic (exact) mass is 345 g/mol. The molecule has 0 N–H and O–H groups in total. The summed E-state index contributed by atoms with van der Waals surface area (Å²) in [7, 11) is 0. The Kier molecular flexibility index (Phi) is 5.93. The summed E-state index contributed by atoms with van der Waals surface area (Å²) in [5, 5.41) is 9.24. The standard InChI is InChI=1S/C20H28FN3O/c1-15-13-23(14-16(2)25-15)8-5-17-6-9-24(10-7-17)20-4-3-19(21)11-18(20)12-22/h3-4,11,15-17H,5-10,13-14H2,1-2H3. The molecule has 5 heteroatoms. The average Bonchev–Trinajstić information content (AvgIpc) is 2.59. The maximum absolute atomic E-state index is 13.3. The van der Waals surface area contributed by atoms with Gasteiger partial charge >= 0.3 is 0 Å². The third-order valence-corrected chi connectivity index (χ3v) is 5.38. The lowest BCUT2D eigenvalue weighted by molar-refractivity contribution is -0.0690. The highest BCUT2D eigenvalue weighted by molar-refractivity contribution is 5.59. The zero-order chi connectivity index (χ0) is 17.8. The average molecular weight is 345 g/mol. The number of hydrogen-bond donors (Lipinski definition) is 0. The maximum Gasteiger partial charge on any atom is 0.124 e. The second kappa shape index (κ2) is 8.16. The SMILES string of the molecule is CC1CN(CCC2CCN(c3ccc(F)cc3C#N)CC2)CC(C)O1. The predicted octanol–water partition coefficient (Wildman–Crippen LogP) is 3.41. The summed E-state index contributed by atoms with van der Waals surface area (Å²) in [6.07, 6.45) is 4.15. The lowest BCUT2D eigenvalue weighted by Crippen LogP contribution is -2.46. The molecule has 2 unspecified atom stereocenters. The van der Waals surface area contributed by atoms with Crippen LogP contribution in [0.1, 0.15) is 38.7 Å². The largest absolute Gasteiger partial charge is 0.373 e. The van der Waals surface area contributed by atoms with Crippen molar-refractivity contribution in [1.29, 1.82) is 5.26 Å². The van der Waals surface area contributed by atoms with Crippen LogP contribution in [-0.4, -0.2) is 49.8 Å². The van der Waals surface area contributed by atoms with Gasteiger partial charge in [0.2, 0.25) is 0 Å². The third-order valence-electron chi connectivity index (χ3n) is 5.38. The van der Waals surface area contributed by atoms with Gasteiger partial charge in [-0.2, -0.15) is 5.26 Å². The Balaban J connectivity index is 1.48. The van der Waals surface area contributed by atoms with Gasteiger partial charge in [-0.3, -0.25) is 4.90 Å². The fraction of sp³-hybridized carbons (Fsp3) is 0.650. The van der Waals surface area contributed by atoms with Gasteiger partial charge in [0.05, 0.1) is 23.5 Å². The smallest absolute Gasteiger partial charge is 0.124 e. The summed E-state index contributed by atoms with van der Waals surface area (Å²) in [6, 6.07) is 6.64. The first-order valence-corrected chi connectivity index (χ1v) is 9.37. The molecule has 0 radical (unpaired) electrons. The van der Waals surface area contributed by atoms with E-state index in [4.69, 9.17) is 4.74 Å². The number of ether oxygens (including phenoxy) is 1. The zero-order valence-electron chi connectivity index (χ0n) is 15.2. The number of nitriles is 1. The molecule has 1 aromatic rings. The van der Waals surface area contributed by atoms with Gasteiger partial charge in [-0.15, -0.1) is 0 Å². The Bertz CT molecular complexity index is 612. The van der Waals surface area contributed by atoms with Crippen LogP contribution in [0.4, 0.5) is 10.1 Å². The van der Waals surface area contributed by atoms with Gasteiger partial charge in [-0.1, -0.05) is 0 Å². The van der Waals surface area contributed by atoms with Gasteiger partial charge in [-0.25, -0.2) is 4.39 Å². The second-order valence-electron chi connectivity index (χ2n) is 7.51. The number of benzene rings is 1. The number of morpholine rings is 1. The van der Waals surface area contributed by atoms with Crippen LogP contribution in [0.3, 0.4) is 0 Å². The van der Waals surface area contributed by atoms with Gasteiger partial charge in [-0.05, 0) is 63.8 Å². The first kappa shape index (κ1) is 18.2. The minimum Gasteiger partial charge on any atom is -0.373 e. The number of rotatable bonds is 4. The Morgan fingerprint density at radius 3 is 2.52 bits per heavy atom. The molecule has 0 spiro atoms. The molecule has 0 amide bonds. The molecule has 2 aliphatic heterocycles. The maximum atomic E-state index is 13.3. The van der Waals surface area contributed by atoms with Crippen molar-refractivity contribution >= 4 is 5.69 Å². The molecule has 2 heterocycles. The summed E-state index contributed by atoms with van der Waals surface area (Å²) in [4.78, 5) is 4.76. The number of anilines is 1. The van der Waals surface area contributed by atoms with Crippen molar-refractivity contribution in [2.75, 3.05) is 37.6 Å². The lowest BCUT2D eigenvalue weighted by Gasteiger charge is -2.38. The van der Waals surface area contributed by atoms with Gasteiger partial charge in [0.25, 0.3) is 0 Å². The van der Waals surface area contributed by atoms with Crippen LogP contribution in [0.5, 0.6) is 0 Å². The molecule has 0 aromatic heterocycles. The van der Waals surface area contributed by atoms with Crippen molar-refractivity contribution in [1.82, 2.24) is 4.90 Å².